The van der Waals surface area contributed by atoms with E-state index in [1.165, 1.54) is 38.5 Å². The number of carbonyl (C=O) groups is 1. The average Bonchev–Trinajstić information content (AvgIpc) is 3.45. The van der Waals surface area contributed by atoms with Crippen LogP contribution in [0.5, 0.6) is 0 Å². The predicted molar refractivity (Wildman–Crippen MR) is 110 cm³/mol. The second kappa shape index (κ2) is 6.21. The van der Waals surface area contributed by atoms with Crippen molar-refractivity contribution in [1.82, 2.24) is 0 Å². The Morgan fingerprint density at radius 1 is 1.17 bits per heavy atom. The van der Waals surface area contributed by atoms with E-state index in [2.05, 4.69) is 24.2 Å². The Labute approximate surface area is 173 Å². The van der Waals surface area contributed by atoms with Crippen molar-refractivity contribution in [2.24, 2.45) is 46.1 Å². The molecule has 5 aliphatic carbocycles. The van der Waals surface area contributed by atoms with Crippen LogP contribution in [0, 0.1) is 40.9 Å². The summed E-state index contributed by atoms with van der Waals surface area (Å²) in [5.74, 6) is 4.42. The van der Waals surface area contributed by atoms with Gasteiger partial charge in [-0.05, 0) is 112 Å². The molecule has 1 spiro atoms. The van der Waals surface area contributed by atoms with Crippen molar-refractivity contribution in [3.63, 3.8) is 0 Å². The molecule has 4 fully saturated rings. The zero-order chi connectivity index (χ0) is 19.8. The van der Waals surface area contributed by atoms with E-state index < -0.39 is 0 Å². The minimum Gasteiger partial charge on any atom is -0.451 e. The van der Waals surface area contributed by atoms with E-state index in [0.29, 0.717) is 11.8 Å². The third kappa shape index (κ3) is 2.38. The molecule has 4 nitrogen and oxygen atoms in total. The first-order valence-electron chi connectivity index (χ1n) is 11.9. The van der Waals surface area contributed by atoms with E-state index in [1.807, 2.05) is 0 Å². The lowest BCUT2D eigenvalue weighted by Crippen LogP contribution is -2.55. The molecule has 6 rings (SSSR count). The highest BCUT2D eigenvalue weighted by Gasteiger charge is 2.67. The van der Waals surface area contributed by atoms with Crippen LogP contribution in [-0.4, -0.2) is 22.5 Å². The van der Waals surface area contributed by atoms with Gasteiger partial charge in [-0.1, -0.05) is 17.7 Å². The van der Waals surface area contributed by atoms with Gasteiger partial charge in [0.05, 0.1) is 5.71 Å². The van der Waals surface area contributed by atoms with E-state index in [1.54, 1.807) is 11.6 Å². The predicted octanol–water partition coefficient (Wildman–Crippen LogP) is 5.27. The standard InChI is InChI=1S/C25H33NO3/c1-2-24-10-7-19-18-6-5-17(26-28)13-16(18)14-20(15-3-4-15)23(19)21(24)8-11-25(24)12-9-22(27)29-25/h9,12-13,15,18-21,23,28H,2-8,10-11,14H2,1H3/b26-17-/t18-,19?,20?,21?,23?,24-,25+/m0/s1. The average molecular weight is 396 g/mol. The summed E-state index contributed by atoms with van der Waals surface area (Å²) in [7, 11) is 0. The summed E-state index contributed by atoms with van der Waals surface area (Å²) in [6.07, 6.45) is 17.9. The van der Waals surface area contributed by atoms with Gasteiger partial charge in [0.1, 0.15) is 5.60 Å². The number of rotatable bonds is 2. The molecule has 0 amide bonds. The summed E-state index contributed by atoms with van der Waals surface area (Å²) in [6.45, 7) is 2.34. The maximum absolute atomic E-state index is 12.1. The van der Waals surface area contributed by atoms with E-state index in [4.69, 9.17) is 4.74 Å². The van der Waals surface area contributed by atoms with Gasteiger partial charge in [-0.25, -0.2) is 4.79 Å². The number of hydrogen-bond donors (Lipinski definition) is 1. The van der Waals surface area contributed by atoms with E-state index in [9.17, 15) is 10.0 Å². The van der Waals surface area contributed by atoms with Gasteiger partial charge < -0.3 is 9.94 Å². The highest BCUT2D eigenvalue weighted by Crippen LogP contribution is 2.70. The van der Waals surface area contributed by atoms with Crippen molar-refractivity contribution in [3.05, 3.63) is 23.8 Å². The van der Waals surface area contributed by atoms with Gasteiger partial charge >= 0.3 is 5.97 Å². The SMILES string of the molecule is CC[C@]12CCC3C(C(C4CC4)CC4=C/C(=N\O)CC[C@@H]43)C1CC[C@@]21C=CC(=O)O1. The molecular weight excluding hydrogens is 362 g/mol. The third-order valence-corrected chi connectivity index (χ3v) is 10.0. The normalized spacial score (nSPS) is 49.6. The van der Waals surface area contributed by atoms with Crippen molar-refractivity contribution >= 4 is 11.7 Å². The second-order valence-corrected chi connectivity index (χ2v) is 10.7. The van der Waals surface area contributed by atoms with Crippen LogP contribution >= 0.6 is 0 Å². The lowest BCUT2D eigenvalue weighted by atomic mass is 9.46. The van der Waals surface area contributed by atoms with Gasteiger partial charge in [-0.2, -0.15) is 0 Å². The van der Waals surface area contributed by atoms with Gasteiger partial charge in [0, 0.05) is 11.5 Å². The molecule has 0 saturated heterocycles. The number of esters is 1. The van der Waals surface area contributed by atoms with E-state index >= 15 is 0 Å². The highest BCUT2D eigenvalue weighted by molar-refractivity contribution is 5.96. The number of ether oxygens (including phenoxy) is 1. The van der Waals surface area contributed by atoms with Gasteiger partial charge in [0.25, 0.3) is 0 Å². The van der Waals surface area contributed by atoms with E-state index in [0.717, 1.165) is 55.1 Å². The lowest BCUT2D eigenvalue weighted by Gasteiger charge is -2.59. The molecule has 4 saturated carbocycles. The fraction of sp³-hybridized carbons (Fsp3) is 0.760. The minimum absolute atomic E-state index is 0.128. The number of fused-ring (bicyclic) bond motifs is 6. The molecule has 0 aromatic heterocycles. The maximum atomic E-state index is 12.1. The Kier molecular flexibility index (Phi) is 3.90. The summed E-state index contributed by atoms with van der Waals surface area (Å²) < 4.78 is 6.09. The lowest BCUT2D eigenvalue weighted by molar-refractivity contribution is -0.167. The fourth-order valence-electron chi connectivity index (χ4n) is 8.83. The van der Waals surface area contributed by atoms with Crippen molar-refractivity contribution in [3.8, 4) is 0 Å². The first kappa shape index (κ1) is 18.2. The maximum Gasteiger partial charge on any atom is 0.331 e. The van der Waals surface area contributed by atoms with Gasteiger partial charge in [-0.15, -0.1) is 0 Å². The topological polar surface area (TPSA) is 58.9 Å². The summed E-state index contributed by atoms with van der Waals surface area (Å²) in [4.78, 5) is 12.1. The monoisotopic (exact) mass is 395 g/mol. The zero-order valence-corrected chi connectivity index (χ0v) is 17.5. The molecule has 4 heteroatoms. The smallest absolute Gasteiger partial charge is 0.331 e. The van der Waals surface area contributed by atoms with Crippen molar-refractivity contribution < 1.29 is 14.7 Å². The van der Waals surface area contributed by atoms with Crippen LogP contribution in [0.25, 0.3) is 0 Å². The molecule has 1 heterocycles. The van der Waals surface area contributed by atoms with Crippen LogP contribution in [0.1, 0.15) is 71.1 Å². The van der Waals surface area contributed by atoms with Crippen LogP contribution < -0.4 is 0 Å². The second-order valence-electron chi connectivity index (χ2n) is 10.7. The Hall–Kier alpha value is -1.58. The number of nitrogens with zero attached hydrogens (tertiary/aromatic N) is 1. The van der Waals surface area contributed by atoms with E-state index in [-0.39, 0.29) is 17.0 Å². The molecule has 6 aliphatic rings. The van der Waals surface area contributed by atoms with Gasteiger partial charge in [0.15, 0.2) is 0 Å². The molecule has 0 bridgehead atoms. The molecule has 1 aliphatic heterocycles. The number of allylic oxidation sites excluding steroid dienone is 2. The molecule has 29 heavy (non-hydrogen) atoms. The first-order chi connectivity index (χ1) is 14.1. The number of carbonyl (C=O) groups excluding carboxylic acids is 1. The van der Waals surface area contributed by atoms with Crippen molar-refractivity contribution in [2.75, 3.05) is 0 Å². The Morgan fingerprint density at radius 3 is 2.72 bits per heavy atom. The fourth-order valence-corrected chi connectivity index (χ4v) is 8.83. The molecule has 0 aromatic rings. The molecule has 7 atom stereocenters. The van der Waals surface area contributed by atoms with Gasteiger partial charge in [-0.3, -0.25) is 0 Å². The molecule has 156 valence electrons. The van der Waals surface area contributed by atoms with Crippen LogP contribution in [0.4, 0.5) is 0 Å². The third-order valence-electron chi connectivity index (χ3n) is 10.0. The molecule has 0 aromatic carbocycles. The van der Waals surface area contributed by atoms with Crippen LogP contribution in [0.3, 0.4) is 0 Å². The largest absolute Gasteiger partial charge is 0.451 e. The first-order valence-corrected chi connectivity index (χ1v) is 11.9. The molecule has 1 N–H and O–H groups in total. The Balaban J connectivity index is 1.40. The summed E-state index contributed by atoms with van der Waals surface area (Å²) in [6, 6.07) is 0. The quantitative estimate of drug-likeness (QED) is 0.394. The Morgan fingerprint density at radius 2 is 2.03 bits per heavy atom. The number of hydrogen-bond acceptors (Lipinski definition) is 4. The van der Waals surface area contributed by atoms with Crippen molar-refractivity contribution in [2.45, 2.75) is 76.7 Å². The Bertz CT molecular complexity index is 824. The van der Waals surface area contributed by atoms with Gasteiger partial charge in [0.2, 0.25) is 0 Å². The molecular formula is C25H33NO3. The zero-order valence-electron chi connectivity index (χ0n) is 17.5. The van der Waals surface area contributed by atoms with Crippen LogP contribution in [0.15, 0.2) is 29.0 Å². The summed E-state index contributed by atoms with van der Waals surface area (Å²) >= 11 is 0. The van der Waals surface area contributed by atoms with Crippen molar-refractivity contribution in [1.29, 1.82) is 0 Å². The number of oxime groups is 1. The molecule has 4 unspecified atom stereocenters. The summed E-state index contributed by atoms with van der Waals surface area (Å²) in [5.41, 5.74) is 2.26. The van der Waals surface area contributed by atoms with Crippen LogP contribution in [-0.2, 0) is 9.53 Å². The highest BCUT2D eigenvalue weighted by atomic mass is 16.6. The van der Waals surface area contributed by atoms with Crippen LogP contribution in [0.2, 0.25) is 0 Å². The molecule has 0 radical (unpaired) electrons. The minimum atomic E-state index is -0.331. The summed E-state index contributed by atoms with van der Waals surface area (Å²) in [5, 5.41) is 12.9.